The number of nitrogens with one attached hydrogen (secondary N) is 1. The van der Waals surface area contributed by atoms with Crippen molar-refractivity contribution in [1.82, 2.24) is 5.32 Å². The lowest BCUT2D eigenvalue weighted by Crippen LogP contribution is -2.24. The van der Waals surface area contributed by atoms with E-state index in [1.807, 2.05) is 37.3 Å². The second kappa shape index (κ2) is 7.81. The van der Waals surface area contributed by atoms with Crippen molar-refractivity contribution in [2.75, 3.05) is 19.0 Å². The number of fused-ring (bicyclic) bond motifs is 1. The Labute approximate surface area is 150 Å². The molecule has 1 aliphatic rings. The third-order valence-corrected chi connectivity index (χ3v) is 5.05. The Hall–Kier alpha value is -1.85. The van der Waals surface area contributed by atoms with Crippen LogP contribution in [0.1, 0.15) is 11.1 Å². The van der Waals surface area contributed by atoms with Crippen LogP contribution >= 0.6 is 23.4 Å². The first-order chi connectivity index (χ1) is 11.6. The first-order valence-electron chi connectivity index (χ1n) is 7.66. The average molecular weight is 364 g/mol. The molecule has 1 aliphatic heterocycles. The van der Waals surface area contributed by atoms with Gasteiger partial charge in [-0.25, -0.2) is 0 Å². The molecule has 0 spiro atoms. The van der Waals surface area contributed by atoms with Crippen molar-refractivity contribution in [3.05, 3.63) is 52.5 Å². The Morgan fingerprint density at radius 3 is 2.88 bits per heavy atom. The Kier molecular flexibility index (Phi) is 5.53. The molecule has 4 nitrogen and oxygen atoms in total. The highest BCUT2D eigenvalue weighted by Gasteiger charge is 2.16. The van der Waals surface area contributed by atoms with Crippen LogP contribution in [0.5, 0.6) is 11.5 Å². The van der Waals surface area contributed by atoms with Crippen LogP contribution < -0.4 is 14.8 Å². The molecule has 0 aromatic heterocycles. The van der Waals surface area contributed by atoms with Crippen molar-refractivity contribution < 1.29 is 14.3 Å². The van der Waals surface area contributed by atoms with Gasteiger partial charge in [0.25, 0.3) is 0 Å². The molecule has 2 aromatic rings. The summed E-state index contributed by atoms with van der Waals surface area (Å²) in [6.07, 6.45) is 0. The number of hydrogen-bond acceptors (Lipinski definition) is 4. The van der Waals surface area contributed by atoms with E-state index in [1.165, 1.54) is 17.3 Å². The molecule has 0 fully saturated rings. The number of halogens is 1. The van der Waals surface area contributed by atoms with Crippen molar-refractivity contribution >= 4 is 29.3 Å². The molecule has 0 bridgehead atoms. The highest BCUT2D eigenvalue weighted by molar-refractivity contribution is 8.00. The molecule has 126 valence electrons. The van der Waals surface area contributed by atoms with Crippen LogP contribution in [0.4, 0.5) is 0 Å². The van der Waals surface area contributed by atoms with E-state index in [-0.39, 0.29) is 5.91 Å². The van der Waals surface area contributed by atoms with Gasteiger partial charge < -0.3 is 14.8 Å². The summed E-state index contributed by atoms with van der Waals surface area (Å²) in [5.41, 5.74) is 2.06. The van der Waals surface area contributed by atoms with Crippen LogP contribution in [0.15, 0.2) is 41.3 Å². The second-order valence-electron chi connectivity index (χ2n) is 5.43. The van der Waals surface area contributed by atoms with Crippen LogP contribution in [0.2, 0.25) is 5.02 Å². The topological polar surface area (TPSA) is 47.6 Å². The molecule has 0 saturated heterocycles. The van der Waals surface area contributed by atoms with E-state index >= 15 is 0 Å². The molecule has 0 radical (unpaired) electrons. The van der Waals surface area contributed by atoms with Crippen molar-refractivity contribution in [2.24, 2.45) is 0 Å². The molecule has 3 rings (SSSR count). The molecule has 0 atom stereocenters. The molecule has 1 amide bonds. The van der Waals surface area contributed by atoms with Crippen molar-refractivity contribution in [3.8, 4) is 11.5 Å². The average Bonchev–Trinajstić information content (AvgIpc) is 2.59. The maximum Gasteiger partial charge on any atom is 0.230 e. The SMILES string of the molecule is Cc1ccccc1SCC(=O)NCc1cc(Cl)c2c(c1)OCCO2. The largest absolute Gasteiger partial charge is 0.486 e. The van der Waals surface area contributed by atoms with Gasteiger partial charge in [0.1, 0.15) is 13.2 Å². The van der Waals surface area contributed by atoms with Gasteiger partial charge in [-0.1, -0.05) is 29.8 Å². The minimum atomic E-state index is -0.0192. The summed E-state index contributed by atoms with van der Waals surface area (Å²) in [6.45, 7) is 3.45. The Morgan fingerprint density at radius 1 is 1.25 bits per heavy atom. The van der Waals surface area contributed by atoms with Gasteiger partial charge in [-0.3, -0.25) is 4.79 Å². The van der Waals surface area contributed by atoms with Crippen molar-refractivity contribution in [2.45, 2.75) is 18.4 Å². The summed E-state index contributed by atoms with van der Waals surface area (Å²) in [6, 6.07) is 11.7. The van der Waals surface area contributed by atoms with E-state index in [2.05, 4.69) is 5.32 Å². The van der Waals surface area contributed by atoms with Gasteiger partial charge in [-0.2, -0.15) is 0 Å². The van der Waals surface area contributed by atoms with E-state index in [4.69, 9.17) is 21.1 Å². The predicted molar refractivity (Wildman–Crippen MR) is 96.2 cm³/mol. The molecule has 1 heterocycles. The first kappa shape index (κ1) is 17.0. The number of carbonyl (C=O) groups excluding carboxylic acids is 1. The number of aryl methyl sites for hydroxylation is 1. The van der Waals surface area contributed by atoms with Gasteiger partial charge >= 0.3 is 0 Å². The van der Waals surface area contributed by atoms with E-state index in [9.17, 15) is 4.79 Å². The Bertz CT molecular complexity index is 751. The minimum Gasteiger partial charge on any atom is -0.486 e. The predicted octanol–water partition coefficient (Wildman–Crippen LogP) is 3.83. The molecule has 6 heteroatoms. The van der Waals surface area contributed by atoms with Gasteiger partial charge in [-0.05, 0) is 36.2 Å². The minimum absolute atomic E-state index is 0.0192. The number of hydrogen-bond donors (Lipinski definition) is 1. The fourth-order valence-electron chi connectivity index (χ4n) is 2.38. The summed E-state index contributed by atoms with van der Waals surface area (Å²) in [5, 5.41) is 3.41. The summed E-state index contributed by atoms with van der Waals surface area (Å²) in [5.74, 6) is 1.57. The van der Waals surface area contributed by atoms with Gasteiger partial charge in [0.15, 0.2) is 11.5 Å². The van der Waals surface area contributed by atoms with Gasteiger partial charge in [0, 0.05) is 11.4 Å². The fourth-order valence-corrected chi connectivity index (χ4v) is 3.53. The lowest BCUT2D eigenvalue weighted by molar-refractivity contribution is -0.118. The number of benzene rings is 2. The fraction of sp³-hybridized carbons (Fsp3) is 0.278. The number of amides is 1. The van der Waals surface area contributed by atoms with Crippen LogP contribution in [0, 0.1) is 6.92 Å². The summed E-state index contributed by atoms with van der Waals surface area (Å²) in [4.78, 5) is 13.2. The van der Waals surface area contributed by atoms with Crippen molar-refractivity contribution in [1.29, 1.82) is 0 Å². The normalized spacial score (nSPS) is 12.8. The molecule has 2 aromatic carbocycles. The summed E-state index contributed by atoms with van der Waals surface area (Å²) in [7, 11) is 0. The van der Waals surface area contributed by atoms with Crippen LogP contribution in [0.3, 0.4) is 0 Å². The van der Waals surface area contributed by atoms with Crippen LogP contribution in [-0.2, 0) is 11.3 Å². The monoisotopic (exact) mass is 363 g/mol. The number of rotatable bonds is 5. The molecule has 1 N–H and O–H groups in total. The van der Waals surface area contributed by atoms with Gasteiger partial charge in [-0.15, -0.1) is 11.8 Å². The smallest absolute Gasteiger partial charge is 0.230 e. The molecule has 24 heavy (non-hydrogen) atoms. The molecule has 0 unspecified atom stereocenters. The Morgan fingerprint density at radius 2 is 2.04 bits per heavy atom. The summed E-state index contributed by atoms with van der Waals surface area (Å²) < 4.78 is 11.0. The zero-order valence-corrected chi connectivity index (χ0v) is 14.9. The summed E-state index contributed by atoms with van der Waals surface area (Å²) >= 11 is 7.73. The quantitative estimate of drug-likeness (QED) is 0.820. The zero-order valence-electron chi connectivity index (χ0n) is 13.3. The third-order valence-electron chi connectivity index (χ3n) is 3.60. The lowest BCUT2D eigenvalue weighted by atomic mass is 10.2. The number of thioether (sulfide) groups is 1. The van der Waals surface area contributed by atoms with E-state index in [0.29, 0.717) is 42.0 Å². The van der Waals surface area contributed by atoms with E-state index < -0.39 is 0 Å². The third kappa shape index (κ3) is 4.16. The highest BCUT2D eigenvalue weighted by atomic mass is 35.5. The first-order valence-corrected chi connectivity index (χ1v) is 9.03. The molecular formula is C18H18ClNO3S. The molecular weight excluding hydrogens is 346 g/mol. The lowest BCUT2D eigenvalue weighted by Gasteiger charge is -2.20. The molecule has 0 saturated carbocycles. The number of carbonyl (C=O) groups is 1. The van der Waals surface area contributed by atoms with Crippen LogP contribution in [-0.4, -0.2) is 24.9 Å². The standard InChI is InChI=1S/C18H18ClNO3S/c1-12-4-2-3-5-16(12)24-11-17(21)20-10-13-8-14(19)18-15(9-13)22-6-7-23-18/h2-5,8-9H,6-7,10-11H2,1H3,(H,20,21). The Balaban J connectivity index is 1.55. The van der Waals surface area contributed by atoms with Gasteiger partial charge in [0.05, 0.1) is 10.8 Å². The zero-order chi connectivity index (χ0) is 16.9. The van der Waals surface area contributed by atoms with E-state index in [1.54, 1.807) is 6.07 Å². The highest BCUT2D eigenvalue weighted by Crippen LogP contribution is 2.38. The maximum absolute atomic E-state index is 12.1. The van der Waals surface area contributed by atoms with Crippen molar-refractivity contribution in [3.63, 3.8) is 0 Å². The number of ether oxygens (including phenoxy) is 2. The van der Waals surface area contributed by atoms with Gasteiger partial charge in [0.2, 0.25) is 5.91 Å². The molecule has 0 aliphatic carbocycles. The van der Waals surface area contributed by atoms with E-state index in [0.717, 1.165) is 10.5 Å². The van der Waals surface area contributed by atoms with Crippen LogP contribution in [0.25, 0.3) is 0 Å². The second-order valence-corrected chi connectivity index (χ2v) is 6.86. The maximum atomic E-state index is 12.1.